The standard InChI is InChI=1S/C20H24ClN3O2/c1-5-24-17-10-16(21)14(9-15(17)13(2)11-20(24,3)4)12-22-23-19(25)18-7-6-8-26-18/h6-10,12-13H,5,11H2,1-4H3,(H,23,25)/b22-12+. The first-order chi connectivity index (χ1) is 12.3. The molecule has 3 rings (SSSR count). The van der Waals surface area contributed by atoms with E-state index in [1.165, 1.54) is 17.5 Å². The maximum Gasteiger partial charge on any atom is 0.307 e. The summed E-state index contributed by atoms with van der Waals surface area (Å²) in [6, 6.07) is 7.32. The van der Waals surface area contributed by atoms with Gasteiger partial charge in [0.1, 0.15) is 0 Å². The smallest absolute Gasteiger partial charge is 0.307 e. The first-order valence-electron chi connectivity index (χ1n) is 8.81. The van der Waals surface area contributed by atoms with Gasteiger partial charge >= 0.3 is 5.91 Å². The van der Waals surface area contributed by atoms with Crippen LogP contribution in [-0.4, -0.2) is 24.2 Å². The van der Waals surface area contributed by atoms with E-state index in [4.69, 9.17) is 16.0 Å². The monoisotopic (exact) mass is 373 g/mol. The summed E-state index contributed by atoms with van der Waals surface area (Å²) < 4.78 is 5.04. The number of benzene rings is 1. The van der Waals surface area contributed by atoms with Crippen molar-refractivity contribution in [3.63, 3.8) is 0 Å². The third kappa shape index (κ3) is 3.49. The molecule has 0 bridgehead atoms. The molecular weight excluding hydrogens is 350 g/mol. The third-order valence-corrected chi connectivity index (χ3v) is 5.26. The highest BCUT2D eigenvalue weighted by atomic mass is 35.5. The van der Waals surface area contributed by atoms with Crippen molar-refractivity contribution in [2.75, 3.05) is 11.4 Å². The van der Waals surface area contributed by atoms with Crippen LogP contribution in [0.2, 0.25) is 5.02 Å². The zero-order valence-corrected chi connectivity index (χ0v) is 16.3. The molecule has 1 unspecified atom stereocenters. The Labute approximate surface area is 159 Å². The Balaban J connectivity index is 1.85. The van der Waals surface area contributed by atoms with Crippen molar-refractivity contribution in [2.45, 2.75) is 45.6 Å². The van der Waals surface area contributed by atoms with Crippen molar-refractivity contribution < 1.29 is 9.21 Å². The van der Waals surface area contributed by atoms with Crippen molar-refractivity contribution in [3.05, 3.63) is 52.4 Å². The molecule has 5 nitrogen and oxygen atoms in total. The Kier molecular flexibility index (Phi) is 5.10. The number of halogens is 1. The number of rotatable bonds is 4. The van der Waals surface area contributed by atoms with Gasteiger partial charge in [-0.3, -0.25) is 4.79 Å². The van der Waals surface area contributed by atoms with Crippen LogP contribution in [0.25, 0.3) is 0 Å². The first-order valence-corrected chi connectivity index (χ1v) is 9.19. The van der Waals surface area contributed by atoms with E-state index in [1.54, 1.807) is 18.3 Å². The number of furan rings is 1. The summed E-state index contributed by atoms with van der Waals surface area (Å²) in [7, 11) is 0. The number of nitrogens with zero attached hydrogens (tertiary/aromatic N) is 2. The molecule has 1 atom stereocenters. The zero-order valence-electron chi connectivity index (χ0n) is 15.5. The van der Waals surface area contributed by atoms with Crippen molar-refractivity contribution in [2.24, 2.45) is 5.10 Å². The second-order valence-electron chi connectivity index (χ2n) is 7.27. The van der Waals surface area contributed by atoms with Crippen molar-refractivity contribution in [1.82, 2.24) is 5.43 Å². The van der Waals surface area contributed by atoms with Gasteiger partial charge in [-0.05, 0) is 62.9 Å². The Bertz CT molecular complexity index is 828. The highest BCUT2D eigenvalue weighted by molar-refractivity contribution is 6.33. The van der Waals surface area contributed by atoms with E-state index >= 15 is 0 Å². The van der Waals surface area contributed by atoms with Crippen LogP contribution in [0.15, 0.2) is 40.0 Å². The molecular formula is C20H24ClN3O2. The molecule has 0 spiro atoms. The Hall–Kier alpha value is -2.27. The number of carbonyl (C=O) groups is 1. The number of hydrogen-bond donors (Lipinski definition) is 1. The molecule has 138 valence electrons. The molecule has 0 saturated heterocycles. The molecule has 1 aliphatic rings. The number of amides is 1. The minimum absolute atomic E-state index is 0.0944. The van der Waals surface area contributed by atoms with Crippen LogP contribution in [0.1, 0.15) is 61.7 Å². The lowest BCUT2D eigenvalue weighted by molar-refractivity contribution is 0.0927. The summed E-state index contributed by atoms with van der Waals surface area (Å²) in [6.45, 7) is 9.86. The summed E-state index contributed by atoms with van der Waals surface area (Å²) in [6.07, 6.45) is 4.09. The Morgan fingerprint density at radius 1 is 1.50 bits per heavy atom. The molecule has 26 heavy (non-hydrogen) atoms. The molecule has 0 radical (unpaired) electrons. The van der Waals surface area contributed by atoms with E-state index in [-0.39, 0.29) is 11.3 Å². The van der Waals surface area contributed by atoms with Gasteiger partial charge in [0.2, 0.25) is 0 Å². The highest BCUT2D eigenvalue weighted by Gasteiger charge is 2.35. The van der Waals surface area contributed by atoms with Gasteiger partial charge in [-0.1, -0.05) is 18.5 Å². The average Bonchev–Trinajstić information content (AvgIpc) is 3.10. The molecule has 1 aromatic heterocycles. The maximum absolute atomic E-state index is 11.9. The summed E-state index contributed by atoms with van der Waals surface area (Å²) in [5.74, 6) is 0.241. The summed E-state index contributed by atoms with van der Waals surface area (Å²) in [5.41, 5.74) is 5.77. The molecule has 0 aliphatic carbocycles. The van der Waals surface area contributed by atoms with E-state index in [9.17, 15) is 4.79 Å². The van der Waals surface area contributed by atoms with E-state index in [2.05, 4.69) is 49.2 Å². The molecule has 6 heteroatoms. The molecule has 1 amide bonds. The molecule has 1 aromatic carbocycles. The van der Waals surface area contributed by atoms with E-state index in [0.717, 1.165) is 18.5 Å². The van der Waals surface area contributed by atoms with Crippen LogP contribution in [0.5, 0.6) is 0 Å². The van der Waals surface area contributed by atoms with Gasteiger partial charge < -0.3 is 9.32 Å². The molecule has 1 aliphatic heterocycles. The number of fused-ring (bicyclic) bond motifs is 1. The lowest BCUT2D eigenvalue weighted by Gasteiger charge is -2.47. The van der Waals surface area contributed by atoms with Gasteiger partial charge in [0.25, 0.3) is 0 Å². The lowest BCUT2D eigenvalue weighted by Crippen LogP contribution is -2.48. The summed E-state index contributed by atoms with van der Waals surface area (Å²) >= 11 is 6.49. The largest absolute Gasteiger partial charge is 0.459 e. The summed E-state index contributed by atoms with van der Waals surface area (Å²) in [5, 5.41) is 4.63. The number of nitrogens with one attached hydrogen (secondary N) is 1. The lowest BCUT2D eigenvalue weighted by atomic mass is 9.79. The normalized spacial score (nSPS) is 18.8. The Morgan fingerprint density at radius 3 is 2.92 bits per heavy atom. The van der Waals surface area contributed by atoms with E-state index in [0.29, 0.717) is 10.9 Å². The predicted molar refractivity (Wildman–Crippen MR) is 105 cm³/mol. The highest BCUT2D eigenvalue weighted by Crippen LogP contribution is 2.44. The predicted octanol–water partition coefficient (Wildman–Crippen LogP) is 4.81. The van der Waals surface area contributed by atoms with Crippen LogP contribution in [0, 0.1) is 0 Å². The van der Waals surface area contributed by atoms with Crippen LogP contribution in [0.4, 0.5) is 5.69 Å². The van der Waals surface area contributed by atoms with Crippen LogP contribution in [-0.2, 0) is 0 Å². The van der Waals surface area contributed by atoms with Crippen molar-refractivity contribution >= 4 is 29.4 Å². The SMILES string of the molecule is CCN1c2cc(Cl)c(/C=N/NC(=O)c3ccco3)cc2C(C)CC1(C)C. The average molecular weight is 374 g/mol. The quantitative estimate of drug-likeness (QED) is 0.618. The van der Waals surface area contributed by atoms with Crippen LogP contribution >= 0.6 is 11.6 Å². The first kappa shape index (κ1) is 18.5. The van der Waals surface area contributed by atoms with Gasteiger partial charge in [0, 0.05) is 23.3 Å². The van der Waals surface area contributed by atoms with Gasteiger partial charge in [0.05, 0.1) is 17.5 Å². The fourth-order valence-electron chi connectivity index (χ4n) is 3.84. The van der Waals surface area contributed by atoms with Gasteiger partial charge in [0.15, 0.2) is 5.76 Å². The third-order valence-electron chi connectivity index (χ3n) is 4.94. The molecule has 0 saturated carbocycles. The van der Waals surface area contributed by atoms with Crippen molar-refractivity contribution in [1.29, 1.82) is 0 Å². The second kappa shape index (κ2) is 7.16. The van der Waals surface area contributed by atoms with E-state index < -0.39 is 5.91 Å². The topological polar surface area (TPSA) is 57.8 Å². The fraction of sp³-hybridized carbons (Fsp3) is 0.400. The molecule has 2 aromatic rings. The van der Waals surface area contributed by atoms with Gasteiger partial charge in [-0.15, -0.1) is 0 Å². The zero-order chi connectivity index (χ0) is 18.9. The molecule has 0 fully saturated rings. The van der Waals surface area contributed by atoms with E-state index in [1.807, 2.05) is 6.07 Å². The molecule has 2 heterocycles. The number of carbonyl (C=O) groups excluding carboxylic acids is 1. The number of hydrazone groups is 1. The second-order valence-corrected chi connectivity index (χ2v) is 7.68. The summed E-state index contributed by atoms with van der Waals surface area (Å²) in [4.78, 5) is 14.3. The minimum Gasteiger partial charge on any atom is -0.459 e. The number of anilines is 1. The van der Waals surface area contributed by atoms with Crippen LogP contribution in [0.3, 0.4) is 0 Å². The number of hydrogen-bond acceptors (Lipinski definition) is 4. The van der Waals surface area contributed by atoms with Gasteiger partial charge in [-0.2, -0.15) is 5.10 Å². The Morgan fingerprint density at radius 2 is 2.27 bits per heavy atom. The van der Waals surface area contributed by atoms with Crippen molar-refractivity contribution in [3.8, 4) is 0 Å². The van der Waals surface area contributed by atoms with Crippen LogP contribution < -0.4 is 10.3 Å². The van der Waals surface area contributed by atoms with Gasteiger partial charge in [-0.25, -0.2) is 5.43 Å². The fourth-order valence-corrected chi connectivity index (χ4v) is 4.05. The minimum atomic E-state index is -0.396. The molecule has 1 N–H and O–H groups in total. The maximum atomic E-state index is 11.9.